The molecule has 108 valence electrons. The quantitative estimate of drug-likeness (QED) is 0.737. The monoisotopic (exact) mass is 356 g/mol. The van der Waals surface area contributed by atoms with E-state index in [0.717, 1.165) is 33.8 Å². The van der Waals surface area contributed by atoms with Crippen molar-refractivity contribution >= 4 is 27.3 Å². The van der Waals surface area contributed by atoms with Crippen LogP contribution in [0.1, 0.15) is 10.4 Å². The molecule has 0 bridgehead atoms. The number of halogens is 1. The van der Waals surface area contributed by atoms with Crippen LogP contribution in [0.5, 0.6) is 5.75 Å². The minimum absolute atomic E-state index is 0.553. The van der Waals surface area contributed by atoms with Crippen LogP contribution in [0.25, 0.3) is 0 Å². The van der Waals surface area contributed by atoms with E-state index in [9.17, 15) is 0 Å². The van der Waals surface area contributed by atoms with Crippen LogP contribution in [0.15, 0.2) is 34.4 Å². The molecule has 0 unspecified atom stereocenters. The Morgan fingerprint density at radius 2 is 2.30 bits per heavy atom. The van der Waals surface area contributed by atoms with E-state index < -0.39 is 0 Å². The zero-order chi connectivity index (χ0) is 14.2. The highest BCUT2D eigenvalue weighted by molar-refractivity contribution is 9.10. The Kier molecular flexibility index (Phi) is 6.46. The fourth-order valence-electron chi connectivity index (χ4n) is 1.69. The molecule has 1 heterocycles. The molecular weight excluding hydrogens is 340 g/mol. The second-order valence-electron chi connectivity index (χ2n) is 4.18. The molecule has 2 rings (SSSR count). The number of hydrogen-bond donors (Lipinski definition) is 1. The third-order valence-electron chi connectivity index (χ3n) is 2.67. The third-order valence-corrected chi connectivity index (χ3v) is 3.92. The van der Waals surface area contributed by atoms with Gasteiger partial charge in [0.15, 0.2) is 0 Å². The SMILES string of the molecule is COCCNCc1cc(Br)ccc1OCc1cncs1. The number of rotatable bonds is 8. The number of thiazole rings is 1. The van der Waals surface area contributed by atoms with Gasteiger partial charge >= 0.3 is 0 Å². The van der Waals surface area contributed by atoms with E-state index in [1.807, 2.05) is 23.8 Å². The highest BCUT2D eigenvalue weighted by Gasteiger charge is 2.05. The Hall–Kier alpha value is -0.950. The first-order valence-corrected chi connectivity index (χ1v) is 7.95. The number of methoxy groups -OCH3 is 1. The van der Waals surface area contributed by atoms with Gasteiger partial charge in [-0.25, -0.2) is 0 Å². The predicted molar refractivity (Wildman–Crippen MR) is 84.2 cm³/mol. The van der Waals surface area contributed by atoms with Crippen LogP contribution in [0, 0.1) is 0 Å². The van der Waals surface area contributed by atoms with Gasteiger partial charge in [0.1, 0.15) is 12.4 Å². The summed E-state index contributed by atoms with van der Waals surface area (Å²) in [6.45, 7) is 2.82. The molecule has 0 amide bonds. The van der Waals surface area contributed by atoms with Gasteiger partial charge in [0, 0.05) is 36.4 Å². The van der Waals surface area contributed by atoms with Crippen LogP contribution < -0.4 is 10.1 Å². The normalized spacial score (nSPS) is 10.7. The highest BCUT2D eigenvalue weighted by atomic mass is 79.9. The van der Waals surface area contributed by atoms with Crippen LogP contribution in [-0.2, 0) is 17.9 Å². The molecule has 0 atom stereocenters. The molecule has 1 N–H and O–H groups in total. The van der Waals surface area contributed by atoms with Crippen molar-refractivity contribution in [2.45, 2.75) is 13.2 Å². The van der Waals surface area contributed by atoms with Crippen LogP contribution >= 0.6 is 27.3 Å². The van der Waals surface area contributed by atoms with Crippen molar-refractivity contribution in [3.8, 4) is 5.75 Å². The topological polar surface area (TPSA) is 43.4 Å². The zero-order valence-electron chi connectivity index (χ0n) is 11.3. The maximum atomic E-state index is 5.87. The van der Waals surface area contributed by atoms with Crippen molar-refractivity contribution in [2.24, 2.45) is 0 Å². The van der Waals surface area contributed by atoms with Crippen LogP contribution in [0.3, 0.4) is 0 Å². The molecule has 0 radical (unpaired) electrons. The van der Waals surface area contributed by atoms with Gasteiger partial charge < -0.3 is 14.8 Å². The van der Waals surface area contributed by atoms with E-state index in [2.05, 4.69) is 32.3 Å². The average Bonchev–Trinajstić information content (AvgIpc) is 2.96. The molecular formula is C14H17BrN2O2S. The Labute approximate surface area is 131 Å². The molecule has 0 aliphatic rings. The summed E-state index contributed by atoms with van der Waals surface area (Å²) in [5.41, 5.74) is 2.94. The minimum atomic E-state index is 0.553. The second kappa shape index (κ2) is 8.36. The maximum Gasteiger partial charge on any atom is 0.124 e. The molecule has 4 nitrogen and oxygen atoms in total. The molecule has 0 aliphatic heterocycles. The van der Waals surface area contributed by atoms with E-state index in [1.54, 1.807) is 18.4 Å². The fourth-order valence-corrected chi connectivity index (χ4v) is 2.60. The van der Waals surface area contributed by atoms with E-state index in [4.69, 9.17) is 9.47 Å². The number of benzene rings is 1. The van der Waals surface area contributed by atoms with Crippen molar-refractivity contribution < 1.29 is 9.47 Å². The number of nitrogens with zero attached hydrogens (tertiary/aromatic N) is 1. The van der Waals surface area contributed by atoms with E-state index in [1.165, 1.54) is 0 Å². The summed E-state index contributed by atoms with van der Waals surface area (Å²) < 4.78 is 11.9. The first kappa shape index (κ1) is 15.4. The van der Waals surface area contributed by atoms with E-state index >= 15 is 0 Å². The summed E-state index contributed by atoms with van der Waals surface area (Å²) >= 11 is 5.09. The van der Waals surface area contributed by atoms with Crippen LogP contribution in [-0.4, -0.2) is 25.2 Å². The van der Waals surface area contributed by atoms with Crippen molar-refractivity contribution in [2.75, 3.05) is 20.3 Å². The Morgan fingerprint density at radius 1 is 1.40 bits per heavy atom. The van der Waals surface area contributed by atoms with E-state index in [-0.39, 0.29) is 0 Å². The Morgan fingerprint density at radius 3 is 3.05 bits per heavy atom. The number of nitrogens with one attached hydrogen (secondary N) is 1. The van der Waals surface area contributed by atoms with Gasteiger partial charge in [-0.1, -0.05) is 15.9 Å². The number of hydrogen-bond acceptors (Lipinski definition) is 5. The molecule has 0 fully saturated rings. The van der Waals surface area contributed by atoms with E-state index in [0.29, 0.717) is 13.2 Å². The Balaban J connectivity index is 1.95. The maximum absolute atomic E-state index is 5.87. The summed E-state index contributed by atoms with van der Waals surface area (Å²) in [4.78, 5) is 5.16. The number of ether oxygens (including phenoxy) is 2. The minimum Gasteiger partial charge on any atom is -0.488 e. The van der Waals surface area contributed by atoms with Crippen molar-refractivity contribution in [1.82, 2.24) is 10.3 Å². The first-order valence-electron chi connectivity index (χ1n) is 6.28. The lowest BCUT2D eigenvalue weighted by Crippen LogP contribution is -2.19. The molecule has 1 aromatic heterocycles. The summed E-state index contributed by atoms with van der Waals surface area (Å²) in [5.74, 6) is 0.895. The first-order chi connectivity index (χ1) is 9.79. The van der Waals surface area contributed by atoms with Gasteiger partial charge in [0.25, 0.3) is 0 Å². The molecule has 6 heteroatoms. The summed E-state index contributed by atoms with van der Waals surface area (Å²) in [5, 5.41) is 3.33. The third kappa shape index (κ3) is 4.86. The molecule has 0 spiro atoms. The van der Waals surface area contributed by atoms with Crippen LogP contribution in [0.4, 0.5) is 0 Å². The van der Waals surface area contributed by atoms with Crippen molar-refractivity contribution in [3.05, 3.63) is 44.8 Å². The van der Waals surface area contributed by atoms with Gasteiger partial charge in [-0.3, -0.25) is 4.98 Å². The largest absolute Gasteiger partial charge is 0.488 e. The van der Waals surface area contributed by atoms with Gasteiger partial charge in [0.05, 0.1) is 17.0 Å². The molecule has 1 aromatic carbocycles. The molecule has 0 aliphatic carbocycles. The van der Waals surface area contributed by atoms with Crippen molar-refractivity contribution in [1.29, 1.82) is 0 Å². The number of aromatic nitrogens is 1. The molecule has 2 aromatic rings. The lowest BCUT2D eigenvalue weighted by atomic mass is 10.2. The van der Waals surface area contributed by atoms with Crippen LogP contribution in [0.2, 0.25) is 0 Å². The Bertz CT molecular complexity index is 520. The zero-order valence-corrected chi connectivity index (χ0v) is 13.7. The molecule has 0 saturated carbocycles. The predicted octanol–water partition coefficient (Wildman–Crippen LogP) is 3.22. The smallest absolute Gasteiger partial charge is 0.124 e. The van der Waals surface area contributed by atoms with Gasteiger partial charge in [-0.2, -0.15) is 0 Å². The van der Waals surface area contributed by atoms with Gasteiger partial charge in [-0.05, 0) is 18.2 Å². The molecule has 20 heavy (non-hydrogen) atoms. The average molecular weight is 357 g/mol. The van der Waals surface area contributed by atoms with Crippen molar-refractivity contribution in [3.63, 3.8) is 0 Å². The summed E-state index contributed by atoms with van der Waals surface area (Å²) in [6.07, 6.45) is 1.83. The molecule has 0 saturated heterocycles. The highest BCUT2D eigenvalue weighted by Crippen LogP contribution is 2.24. The second-order valence-corrected chi connectivity index (χ2v) is 6.06. The fraction of sp³-hybridized carbons (Fsp3) is 0.357. The summed E-state index contributed by atoms with van der Waals surface area (Å²) in [6, 6.07) is 6.04. The standard InChI is InChI=1S/C14H17BrN2O2S/c1-18-5-4-16-7-11-6-12(15)2-3-14(11)19-9-13-8-17-10-20-13/h2-3,6,8,10,16H,4-5,7,9H2,1H3. The lowest BCUT2D eigenvalue weighted by Gasteiger charge is -2.12. The summed E-state index contributed by atoms with van der Waals surface area (Å²) in [7, 11) is 1.70. The van der Waals surface area contributed by atoms with Gasteiger partial charge in [0.2, 0.25) is 0 Å². The lowest BCUT2D eigenvalue weighted by molar-refractivity contribution is 0.199. The van der Waals surface area contributed by atoms with Gasteiger partial charge in [-0.15, -0.1) is 11.3 Å².